The number of aryl methyl sites for hydroxylation is 1. The number of aromatic nitrogens is 2. The van der Waals surface area contributed by atoms with Gasteiger partial charge in [-0.3, -0.25) is 14.2 Å². The number of hydrogen-bond acceptors (Lipinski definition) is 6. The Kier molecular flexibility index (Phi) is 4.85. The Morgan fingerprint density at radius 2 is 1.86 bits per heavy atom. The summed E-state index contributed by atoms with van der Waals surface area (Å²) in [4.78, 5) is 41.9. The Morgan fingerprint density at radius 1 is 1.17 bits per heavy atom. The summed E-state index contributed by atoms with van der Waals surface area (Å²) >= 11 is 1.53. The van der Waals surface area contributed by atoms with Gasteiger partial charge in [0.2, 0.25) is 0 Å². The van der Waals surface area contributed by atoms with Gasteiger partial charge in [-0.15, -0.1) is 11.3 Å². The van der Waals surface area contributed by atoms with Crippen LogP contribution >= 0.6 is 11.3 Å². The summed E-state index contributed by atoms with van der Waals surface area (Å²) < 4.78 is 7.12. The molecule has 1 aliphatic rings. The van der Waals surface area contributed by atoms with E-state index in [0.29, 0.717) is 11.1 Å². The number of carbonyl (C=O) groups excluding carboxylic acids is 3. The first-order valence-corrected chi connectivity index (χ1v) is 9.74. The zero-order valence-electron chi connectivity index (χ0n) is 15.8. The highest BCUT2D eigenvalue weighted by atomic mass is 32.1. The van der Waals surface area contributed by atoms with Gasteiger partial charge in [0, 0.05) is 29.0 Å². The van der Waals surface area contributed by atoms with E-state index in [0.717, 1.165) is 27.0 Å². The molecule has 0 atom stereocenters. The Bertz CT molecular complexity index is 1110. The van der Waals surface area contributed by atoms with E-state index >= 15 is 0 Å². The van der Waals surface area contributed by atoms with Crippen LogP contribution in [0.15, 0.2) is 48.0 Å². The van der Waals surface area contributed by atoms with Gasteiger partial charge in [0.25, 0.3) is 11.8 Å². The Labute approximate surface area is 170 Å². The SMILES string of the molecule is Cc1cc(/C=C/C(=O)OCN2C(=O)c3ccccc3C2=O)c(C)n1-c1nccs1. The summed E-state index contributed by atoms with van der Waals surface area (Å²) in [5, 5.41) is 2.76. The molecule has 0 saturated carbocycles. The van der Waals surface area contributed by atoms with Gasteiger partial charge in [-0.25, -0.2) is 14.7 Å². The van der Waals surface area contributed by atoms with Crippen molar-refractivity contribution < 1.29 is 19.1 Å². The van der Waals surface area contributed by atoms with Crippen molar-refractivity contribution >= 4 is 35.2 Å². The lowest BCUT2D eigenvalue weighted by Gasteiger charge is -2.12. The van der Waals surface area contributed by atoms with Gasteiger partial charge in [0.1, 0.15) is 0 Å². The van der Waals surface area contributed by atoms with Gasteiger partial charge in [-0.1, -0.05) is 12.1 Å². The van der Waals surface area contributed by atoms with E-state index in [9.17, 15) is 14.4 Å². The van der Waals surface area contributed by atoms with Crippen LogP contribution in [0.1, 0.15) is 37.7 Å². The molecule has 0 radical (unpaired) electrons. The van der Waals surface area contributed by atoms with Crippen LogP contribution < -0.4 is 0 Å². The van der Waals surface area contributed by atoms with E-state index in [1.165, 1.54) is 17.4 Å². The topological polar surface area (TPSA) is 81.5 Å². The molecule has 0 N–H and O–H groups in total. The monoisotopic (exact) mass is 407 g/mol. The maximum absolute atomic E-state index is 12.3. The largest absolute Gasteiger partial charge is 0.441 e. The van der Waals surface area contributed by atoms with Crippen LogP contribution in [0.4, 0.5) is 0 Å². The molecule has 29 heavy (non-hydrogen) atoms. The second kappa shape index (κ2) is 7.48. The first kappa shape index (κ1) is 18.8. The van der Waals surface area contributed by atoms with Crippen molar-refractivity contribution in [1.82, 2.24) is 14.5 Å². The van der Waals surface area contributed by atoms with Crippen molar-refractivity contribution in [1.29, 1.82) is 0 Å². The lowest BCUT2D eigenvalue weighted by Crippen LogP contribution is -2.32. The average molecular weight is 407 g/mol. The van der Waals surface area contributed by atoms with E-state index in [1.54, 1.807) is 36.5 Å². The van der Waals surface area contributed by atoms with Crippen LogP contribution in [0.2, 0.25) is 0 Å². The second-order valence-electron chi connectivity index (χ2n) is 6.49. The summed E-state index contributed by atoms with van der Waals surface area (Å²) in [6.45, 7) is 3.48. The summed E-state index contributed by atoms with van der Waals surface area (Å²) in [7, 11) is 0. The zero-order chi connectivity index (χ0) is 20.5. The summed E-state index contributed by atoms with van der Waals surface area (Å²) in [5.41, 5.74) is 3.44. The van der Waals surface area contributed by atoms with Crippen molar-refractivity contribution in [2.75, 3.05) is 6.73 Å². The van der Waals surface area contributed by atoms with E-state index in [2.05, 4.69) is 4.98 Å². The molecule has 1 aliphatic heterocycles. The van der Waals surface area contributed by atoms with Crippen LogP contribution in [0.5, 0.6) is 0 Å². The third kappa shape index (κ3) is 3.38. The Morgan fingerprint density at radius 3 is 2.48 bits per heavy atom. The molecule has 2 amide bonds. The van der Waals surface area contributed by atoms with Crippen molar-refractivity contribution in [2.24, 2.45) is 0 Å². The number of amides is 2. The fourth-order valence-electron chi connectivity index (χ4n) is 3.27. The van der Waals surface area contributed by atoms with Crippen LogP contribution in [-0.4, -0.2) is 39.0 Å². The predicted molar refractivity (Wildman–Crippen MR) is 108 cm³/mol. The first-order chi connectivity index (χ1) is 14.0. The molecule has 3 heterocycles. The second-order valence-corrected chi connectivity index (χ2v) is 7.36. The smallest absolute Gasteiger partial charge is 0.332 e. The number of carbonyl (C=O) groups is 3. The van der Waals surface area contributed by atoms with Gasteiger partial charge >= 0.3 is 5.97 Å². The molecule has 0 spiro atoms. The number of benzene rings is 1. The maximum Gasteiger partial charge on any atom is 0.332 e. The third-order valence-corrected chi connectivity index (χ3v) is 5.45. The van der Waals surface area contributed by atoms with Crippen LogP contribution in [0, 0.1) is 13.8 Å². The van der Waals surface area contributed by atoms with Gasteiger partial charge < -0.3 is 4.74 Å². The number of thiazole rings is 1. The molecular weight excluding hydrogens is 390 g/mol. The molecule has 8 heteroatoms. The van der Waals surface area contributed by atoms with Crippen LogP contribution in [-0.2, 0) is 9.53 Å². The van der Waals surface area contributed by atoms with E-state index in [4.69, 9.17) is 4.74 Å². The minimum atomic E-state index is -0.638. The number of hydrogen-bond donors (Lipinski definition) is 0. The zero-order valence-corrected chi connectivity index (χ0v) is 16.6. The molecule has 0 fully saturated rings. The van der Waals surface area contributed by atoms with Crippen molar-refractivity contribution in [2.45, 2.75) is 13.8 Å². The molecule has 0 saturated heterocycles. The molecule has 4 rings (SSSR count). The number of imide groups is 1. The standard InChI is InChI=1S/C21H17N3O4S/c1-13-11-15(14(2)24(13)21-22-9-10-29-21)7-8-18(25)28-12-23-19(26)16-5-3-4-6-17(16)20(23)27/h3-11H,12H2,1-2H3/b8-7+. The summed E-state index contributed by atoms with van der Waals surface area (Å²) in [5.74, 6) is -1.57. The molecule has 0 aliphatic carbocycles. The molecule has 3 aromatic rings. The number of ether oxygens (including phenoxy) is 1. The molecule has 1 aromatic carbocycles. The van der Waals surface area contributed by atoms with E-state index in [1.807, 2.05) is 29.9 Å². The number of rotatable bonds is 5. The molecule has 7 nitrogen and oxygen atoms in total. The van der Waals surface area contributed by atoms with Crippen molar-refractivity contribution in [3.63, 3.8) is 0 Å². The lowest BCUT2D eigenvalue weighted by molar-refractivity contribution is -0.140. The normalized spacial score (nSPS) is 13.4. The lowest BCUT2D eigenvalue weighted by atomic mass is 10.1. The summed E-state index contributed by atoms with van der Waals surface area (Å²) in [6, 6.07) is 8.48. The maximum atomic E-state index is 12.3. The van der Waals surface area contributed by atoms with E-state index < -0.39 is 24.5 Å². The van der Waals surface area contributed by atoms with Gasteiger partial charge in [0.05, 0.1) is 11.1 Å². The molecule has 146 valence electrons. The van der Waals surface area contributed by atoms with Crippen molar-refractivity contribution in [3.8, 4) is 5.13 Å². The molecule has 2 aromatic heterocycles. The highest BCUT2D eigenvalue weighted by molar-refractivity contribution is 7.12. The Hall–Kier alpha value is -3.52. The first-order valence-electron chi connectivity index (χ1n) is 8.86. The highest BCUT2D eigenvalue weighted by Gasteiger charge is 2.35. The fourth-order valence-corrected chi connectivity index (χ4v) is 4.02. The number of esters is 1. The van der Waals surface area contributed by atoms with Gasteiger partial charge in [0.15, 0.2) is 11.9 Å². The molecule has 0 bridgehead atoms. The van der Waals surface area contributed by atoms with Gasteiger partial charge in [-0.05, 0) is 43.7 Å². The van der Waals surface area contributed by atoms with Crippen LogP contribution in [0.25, 0.3) is 11.2 Å². The average Bonchev–Trinajstić information content (AvgIpc) is 3.39. The molecule has 0 unspecified atom stereocenters. The number of fused-ring (bicyclic) bond motifs is 1. The Balaban J connectivity index is 1.42. The minimum absolute atomic E-state index is 0.318. The number of nitrogens with zero attached hydrogens (tertiary/aromatic N) is 3. The minimum Gasteiger partial charge on any atom is -0.441 e. The fraction of sp³-hybridized carbons (Fsp3) is 0.143. The quantitative estimate of drug-likeness (QED) is 0.368. The van der Waals surface area contributed by atoms with E-state index in [-0.39, 0.29) is 0 Å². The van der Waals surface area contributed by atoms with Gasteiger partial charge in [-0.2, -0.15) is 0 Å². The van der Waals surface area contributed by atoms with Crippen molar-refractivity contribution in [3.05, 3.63) is 76.1 Å². The third-order valence-electron chi connectivity index (χ3n) is 4.69. The highest BCUT2D eigenvalue weighted by Crippen LogP contribution is 2.24. The van der Waals surface area contributed by atoms with Crippen LogP contribution in [0.3, 0.4) is 0 Å². The predicted octanol–water partition coefficient (Wildman–Crippen LogP) is 3.36. The summed E-state index contributed by atoms with van der Waals surface area (Å²) in [6.07, 6.45) is 4.67. The molecular formula is C21H17N3O4S.